The molecule has 1 rings (SSSR count). The fraction of sp³-hybridized carbons (Fsp3) is 0.200. The first-order valence-electron chi connectivity index (χ1n) is 4.84. The van der Waals surface area contributed by atoms with Crippen molar-refractivity contribution in [1.82, 2.24) is 0 Å². The number of halogens is 3. The van der Waals surface area contributed by atoms with Crippen molar-refractivity contribution < 1.29 is 19.8 Å². The number of nitrogen functional groups attached to an aromatic ring is 1. The van der Waals surface area contributed by atoms with Crippen LogP contribution in [0.15, 0.2) is 0 Å². The maximum absolute atomic E-state index is 11.5. The fourth-order valence-corrected chi connectivity index (χ4v) is 3.61. The van der Waals surface area contributed by atoms with Crippen LogP contribution in [0, 0.1) is 7.14 Å². The van der Waals surface area contributed by atoms with E-state index in [1.807, 2.05) is 67.8 Å². The molecule has 1 aromatic carbocycles. The molecule has 0 aliphatic carbocycles. The summed E-state index contributed by atoms with van der Waals surface area (Å²) in [5.74, 6) is -1.54. The van der Waals surface area contributed by atoms with E-state index in [9.17, 15) is 19.8 Å². The summed E-state index contributed by atoms with van der Waals surface area (Å²) in [6, 6.07) is 0. The van der Waals surface area contributed by atoms with E-state index in [4.69, 9.17) is 5.73 Å². The summed E-state index contributed by atoms with van der Waals surface area (Å²) >= 11 is 5.60. The van der Waals surface area contributed by atoms with Gasteiger partial charge in [-0.25, -0.2) is 4.79 Å². The van der Waals surface area contributed by atoms with Gasteiger partial charge in [-0.2, -0.15) is 0 Å². The molecule has 19 heavy (non-hydrogen) atoms. The topological polar surface area (TPSA) is 113 Å². The van der Waals surface area contributed by atoms with Gasteiger partial charge in [0.2, 0.25) is 5.91 Å². The number of hydrogen-bond acceptors (Lipinski definition) is 4. The zero-order valence-corrected chi connectivity index (χ0v) is 15.8. The van der Waals surface area contributed by atoms with Crippen molar-refractivity contribution in [2.45, 2.75) is 6.61 Å². The molecule has 0 saturated carbocycles. The number of amides is 1. The second-order valence-electron chi connectivity index (χ2n) is 3.42. The van der Waals surface area contributed by atoms with Crippen molar-refractivity contribution in [2.75, 3.05) is 15.5 Å². The molecule has 0 atom stereocenters. The largest absolute Gasteiger partial charge is 0.478 e. The lowest BCUT2D eigenvalue weighted by atomic mass is 10.1. The molecule has 0 fully saturated rings. The van der Waals surface area contributed by atoms with Gasteiger partial charge in [0.1, 0.15) is 0 Å². The van der Waals surface area contributed by atoms with Crippen LogP contribution in [0.5, 0.6) is 0 Å². The average Bonchev–Trinajstić information content (AvgIpc) is 2.36. The molecule has 5 N–H and O–H groups in total. The summed E-state index contributed by atoms with van der Waals surface area (Å²) in [6.07, 6.45) is 0. The fourth-order valence-electron chi connectivity index (χ4n) is 1.42. The number of aliphatic hydroxyl groups is 1. The van der Waals surface area contributed by atoms with E-state index in [0.29, 0.717) is 12.7 Å². The molecule has 0 saturated heterocycles. The number of carboxylic acids is 1. The van der Waals surface area contributed by atoms with Crippen LogP contribution in [-0.4, -0.2) is 26.5 Å². The van der Waals surface area contributed by atoms with Gasteiger partial charge in [-0.15, -0.1) is 0 Å². The lowest BCUT2D eigenvalue weighted by Gasteiger charge is -2.17. The molecule has 0 heterocycles. The van der Waals surface area contributed by atoms with Gasteiger partial charge in [0.25, 0.3) is 0 Å². The van der Waals surface area contributed by atoms with E-state index in [1.165, 1.54) is 0 Å². The van der Waals surface area contributed by atoms with Crippen molar-refractivity contribution in [3.05, 3.63) is 18.3 Å². The first-order valence-corrected chi connectivity index (χ1v) is 8.52. The van der Waals surface area contributed by atoms with E-state index in [0.717, 1.165) is 0 Å². The molecule has 1 amide bonds. The lowest BCUT2D eigenvalue weighted by Crippen LogP contribution is -2.20. The van der Waals surface area contributed by atoms with Crippen molar-refractivity contribution >= 4 is 91.0 Å². The Bertz CT molecular complexity index is 548. The molecule has 0 radical (unpaired) electrons. The monoisotopic (exact) mass is 602 g/mol. The number of aliphatic hydroxyl groups excluding tert-OH is 1. The molecule has 0 aliphatic heterocycles. The van der Waals surface area contributed by atoms with Gasteiger partial charge in [-0.1, -0.05) is 22.6 Å². The van der Waals surface area contributed by atoms with Gasteiger partial charge >= 0.3 is 5.97 Å². The van der Waals surface area contributed by atoms with Gasteiger partial charge in [-0.05, 0) is 45.2 Å². The van der Waals surface area contributed by atoms with Crippen molar-refractivity contribution in [3.8, 4) is 0 Å². The first kappa shape index (κ1) is 17.2. The van der Waals surface area contributed by atoms with Gasteiger partial charge < -0.3 is 21.3 Å². The first-order chi connectivity index (χ1) is 8.84. The third-order valence-electron chi connectivity index (χ3n) is 2.27. The SMILES string of the molecule is Nc1c(I)c(CO)c(NC(=O)CI)c(C(=O)O)c1I. The molecule has 104 valence electrons. The van der Waals surface area contributed by atoms with Gasteiger partial charge in [-0.3, -0.25) is 4.79 Å². The van der Waals surface area contributed by atoms with Gasteiger partial charge in [0.05, 0.1) is 31.5 Å². The second-order valence-corrected chi connectivity index (χ2v) is 6.34. The van der Waals surface area contributed by atoms with E-state index in [1.54, 1.807) is 0 Å². The van der Waals surface area contributed by atoms with Crippen LogP contribution in [0.3, 0.4) is 0 Å². The van der Waals surface area contributed by atoms with E-state index >= 15 is 0 Å². The Kier molecular flexibility index (Phi) is 6.52. The van der Waals surface area contributed by atoms with Crippen LogP contribution in [-0.2, 0) is 11.4 Å². The molecule has 0 aromatic heterocycles. The van der Waals surface area contributed by atoms with Crippen LogP contribution < -0.4 is 11.1 Å². The highest BCUT2D eigenvalue weighted by Gasteiger charge is 2.24. The summed E-state index contributed by atoms with van der Waals surface area (Å²) in [5, 5.41) is 21.2. The molecule has 0 bridgehead atoms. The number of hydrogen-bond donors (Lipinski definition) is 4. The number of alkyl halides is 1. The molecule has 0 spiro atoms. The lowest BCUT2D eigenvalue weighted by molar-refractivity contribution is -0.113. The standard InChI is InChI=1S/C10H9I3N2O4/c11-1-4(17)15-9-3(2-16)6(12)8(14)7(13)5(9)10(18)19/h16H,1-2,14H2,(H,15,17)(H,18,19). The molecule has 0 aliphatic rings. The predicted octanol–water partition coefficient (Wildman–Crippen LogP) is 2.04. The third kappa shape index (κ3) is 3.60. The minimum Gasteiger partial charge on any atom is -0.478 e. The van der Waals surface area contributed by atoms with Crippen molar-refractivity contribution in [2.24, 2.45) is 0 Å². The van der Waals surface area contributed by atoms with Crippen molar-refractivity contribution in [3.63, 3.8) is 0 Å². The Hall–Kier alpha value is 0.110. The highest BCUT2D eigenvalue weighted by atomic mass is 127. The molecule has 9 heteroatoms. The molecular weight excluding hydrogens is 593 g/mol. The summed E-state index contributed by atoms with van der Waals surface area (Å²) in [5.41, 5.74) is 6.44. The molecule has 1 aromatic rings. The summed E-state index contributed by atoms with van der Waals surface area (Å²) in [4.78, 5) is 22.8. The number of nitrogens with two attached hydrogens (primary N) is 1. The predicted molar refractivity (Wildman–Crippen MR) is 96.7 cm³/mol. The number of nitrogens with one attached hydrogen (secondary N) is 1. The number of carboxylic acid groups (broad SMARTS) is 1. The zero-order chi connectivity index (χ0) is 14.7. The van der Waals surface area contributed by atoms with Crippen LogP contribution in [0.4, 0.5) is 11.4 Å². The second kappa shape index (κ2) is 7.21. The highest BCUT2D eigenvalue weighted by Crippen LogP contribution is 2.36. The van der Waals surface area contributed by atoms with Gasteiger partial charge in [0.15, 0.2) is 0 Å². The number of anilines is 2. The molecule has 0 unspecified atom stereocenters. The average molecular weight is 602 g/mol. The number of benzene rings is 1. The van der Waals surface area contributed by atoms with Crippen LogP contribution in [0.25, 0.3) is 0 Å². The Morgan fingerprint density at radius 1 is 1.26 bits per heavy atom. The minimum absolute atomic E-state index is 0.0965. The Morgan fingerprint density at radius 3 is 2.26 bits per heavy atom. The number of aromatic carboxylic acids is 1. The summed E-state index contributed by atoms with van der Waals surface area (Å²) < 4.78 is 1.06. The van der Waals surface area contributed by atoms with E-state index in [-0.39, 0.29) is 27.3 Å². The highest BCUT2D eigenvalue weighted by molar-refractivity contribution is 14.1. The van der Waals surface area contributed by atoms with E-state index < -0.39 is 12.6 Å². The summed E-state index contributed by atoms with van der Waals surface area (Å²) in [6.45, 7) is -0.406. The van der Waals surface area contributed by atoms with Crippen molar-refractivity contribution in [1.29, 1.82) is 0 Å². The number of rotatable bonds is 4. The Morgan fingerprint density at radius 2 is 1.84 bits per heavy atom. The quantitative estimate of drug-likeness (QED) is 0.240. The Labute approximate surface area is 149 Å². The third-order valence-corrected chi connectivity index (χ3v) is 5.31. The normalized spacial score (nSPS) is 10.3. The van der Waals surface area contributed by atoms with E-state index in [2.05, 4.69) is 5.32 Å². The summed E-state index contributed by atoms with van der Waals surface area (Å²) in [7, 11) is 0. The molecular formula is C10H9I3N2O4. The maximum Gasteiger partial charge on any atom is 0.338 e. The zero-order valence-electron chi connectivity index (χ0n) is 9.34. The number of carbonyl (C=O) groups excluding carboxylic acids is 1. The smallest absolute Gasteiger partial charge is 0.338 e. The van der Waals surface area contributed by atoms with Crippen LogP contribution in [0.1, 0.15) is 15.9 Å². The maximum atomic E-state index is 11.5. The van der Waals surface area contributed by atoms with Crippen LogP contribution >= 0.6 is 67.8 Å². The Balaban J connectivity index is 3.63. The molecule has 6 nitrogen and oxygen atoms in total. The van der Waals surface area contributed by atoms with Gasteiger partial charge in [0, 0.05) is 9.13 Å². The minimum atomic E-state index is -1.20. The number of carbonyl (C=O) groups is 2. The van der Waals surface area contributed by atoms with Crippen LogP contribution in [0.2, 0.25) is 0 Å².